The fraction of sp³-hybridized carbons (Fsp3) is 0.261. The monoisotopic (exact) mass is 500 g/mol. The summed E-state index contributed by atoms with van der Waals surface area (Å²) in [6, 6.07) is 9.70. The Morgan fingerprint density at radius 3 is 2.18 bits per heavy atom. The molecule has 0 saturated carbocycles. The van der Waals surface area contributed by atoms with Gasteiger partial charge in [-0.25, -0.2) is 4.68 Å². The zero-order chi connectivity index (χ0) is 24.2. The predicted molar refractivity (Wildman–Crippen MR) is 121 cm³/mol. The number of aromatic nitrogens is 2. The first kappa shape index (κ1) is 24.8. The van der Waals surface area contributed by atoms with Crippen LogP contribution in [0.1, 0.15) is 23.7 Å². The summed E-state index contributed by atoms with van der Waals surface area (Å²) in [5, 5.41) is 4.40. The zero-order valence-corrected chi connectivity index (χ0v) is 19.6. The second-order valence-corrected chi connectivity index (χ2v) is 8.00. The summed E-state index contributed by atoms with van der Waals surface area (Å²) in [5.74, 6) is 0.962. The first-order chi connectivity index (χ1) is 15.6. The van der Waals surface area contributed by atoms with Gasteiger partial charge in [0.1, 0.15) is 39.7 Å². The maximum Gasteiger partial charge on any atom is 0.420 e. The minimum Gasteiger partial charge on any atom is -0.489 e. The van der Waals surface area contributed by atoms with Crippen LogP contribution in [0.5, 0.6) is 28.9 Å². The van der Waals surface area contributed by atoms with Crippen molar-refractivity contribution in [1.82, 2.24) is 9.78 Å². The van der Waals surface area contributed by atoms with Crippen LogP contribution in [0.4, 0.5) is 13.2 Å². The van der Waals surface area contributed by atoms with E-state index in [0.717, 1.165) is 23.7 Å². The SMILES string of the molecule is CCc1nn(C)c(Oc2ccc(Oc3ccc(OCC=C(Cl)Cl)cc3C(F)(F)F)cc2)c1C. The lowest BCUT2D eigenvalue weighted by Gasteiger charge is -2.15. The molecule has 3 aromatic rings. The third kappa shape index (κ3) is 6.36. The maximum absolute atomic E-state index is 13.6. The highest BCUT2D eigenvalue weighted by Crippen LogP contribution is 2.40. The van der Waals surface area contributed by atoms with E-state index in [2.05, 4.69) is 5.10 Å². The number of benzene rings is 2. The van der Waals surface area contributed by atoms with Crippen molar-refractivity contribution in [2.45, 2.75) is 26.4 Å². The molecule has 0 N–H and O–H groups in total. The van der Waals surface area contributed by atoms with Crippen molar-refractivity contribution < 1.29 is 27.4 Å². The number of hydrogen-bond acceptors (Lipinski definition) is 4. The molecule has 0 saturated heterocycles. The van der Waals surface area contributed by atoms with Gasteiger partial charge < -0.3 is 14.2 Å². The molecule has 0 fully saturated rings. The average molecular weight is 501 g/mol. The van der Waals surface area contributed by atoms with Gasteiger partial charge in [-0.05, 0) is 61.9 Å². The van der Waals surface area contributed by atoms with Gasteiger partial charge in [-0.1, -0.05) is 30.1 Å². The van der Waals surface area contributed by atoms with Gasteiger partial charge in [0.25, 0.3) is 0 Å². The molecule has 0 bridgehead atoms. The first-order valence-corrected chi connectivity index (χ1v) is 10.7. The highest BCUT2D eigenvalue weighted by Gasteiger charge is 2.35. The topological polar surface area (TPSA) is 45.5 Å². The van der Waals surface area contributed by atoms with Crippen LogP contribution in [-0.2, 0) is 19.6 Å². The van der Waals surface area contributed by atoms with Gasteiger partial charge in [0, 0.05) is 12.6 Å². The van der Waals surface area contributed by atoms with E-state index in [1.807, 2.05) is 13.8 Å². The molecular formula is C23H21Cl2F3N2O3. The number of nitrogens with zero attached hydrogens (tertiary/aromatic N) is 2. The first-order valence-electron chi connectivity index (χ1n) is 9.92. The number of alkyl halides is 3. The zero-order valence-electron chi connectivity index (χ0n) is 18.0. The Morgan fingerprint density at radius 2 is 1.64 bits per heavy atom. The van der Waals surface area contributed by atoms with E-state index in [-0.39, 0.29) is 28.3 Å². The third-order valence-corrected chi connectivity index (χ3v) is 4.97. The van der Waals surface area contributed by atoms with Crippen LogP contribution in [0.2, 0.25) is 0 Å². The number of rotatable bonds is 8. The third-order valence-electron chi connectivity index (χ3n) is 4.66. The lowest BCUT2D eigenvalue weighted by molar-refractivity contribution is -0.138. The van der Waals surface area contributed by atoms with Crippen LogP contribution in [-0.4, -0.2) is 16.4 Å². The molecule has 176 valence electrons. The normalized spacial score (nSPS) is 11.3. The lowest BCUT2D eigenvalue weighted by Crippen LogP contribution is -2.08. The van der Waals surface area contributed by atoms with E-state index in [1.54, 1.807) is 23.9 Å². The van der Waals surface area contributed by atoms with Crippen molar-refractivity contribution in [2.24, 2.45) is 7.05 Å². The minimum atomic E-state index is -4.65. The molecule has 0 aliphatic heterocycles. The van der Waals surface area contributed by atoms with Crippen molar-refractivity contribution in [3.05, 3.63) is 69.9 Å². The Labute approximate surface area is 199 Å². The number of ether oxygens (including phenoxy) is 3. The fourth-order valence-electron chi connectivity index (χ4n) is 3.07. The Hall–Kier alpha value is -2.84. The Bertz CT molecular complexity index is 1140. The summed E-state index contributed by atoms with van der Waals surface area (Å²) in [6.07, 6.45) is -2.55. The molecule has 5 nitrogen and oxygen atoms in total. The molecule has 0 unspecified atom stereocenters. The van der Waals surface area contributed by atoms with E-state index >= 15 is 0 Å². The Kier molecular flexibility index (Phi) is 7.81. The van der Waals surface area contributed by atoms with Crippen LogP contribution in [0, 0.1) is 6.92 Å². The van der Waals surface area contributed by atoms with Gasteiger partial charge in [-0.3, -0.25) is 0 Å². The van der Waals surface area contributed by atoms with Crippen LogP contribution >= 0.6 is 23.2 Å². The fourth-order valence-corrected chi connectivity index (χ4v) is 3.20. The van der Waals surface area contributed by atoms with Gasteiger partial charge >= 0.3 is 6.18 Å². The van der Waals surface area contributed by atoms with Crippen LogP contribution in [0.15, 0.2) is 53.0 Å². The quantitative estimate of drug-likeness (QED) is 0.319. The standard InChI is InChI=1S/C23H21Cl2F3N2O3/c1-4-19-14(2)22(30(3)29-19)33-16-7-5-15(6-8-16)32-20-10-9-17(31-12-11-21(24)25)13-18(20)23(26,27)28/h5-11,13H,4,12H2,1-3H3. The summed E-state index contributed by atoms with van der Waals surface area (Å²) in [7, 11) is 1.78. The largest absolute Gasteiger partial charge is 0.489 e. The van der Waals surface area contributed by atoms with Gasteiger partial charge in [-0.2, -0.15) is 18.3 Å². The molecule has 0 radical (unpaired) electrons. The lowest BCUT2D eigenvalue weighted by atomic mass is 10.2. The second-order valence-electron chi connectivity index (χ2n) is 6.99. The van der Waals surface area contributed by atoms with Crippen LogP contribution in [0.25, 0.3) is 0 Å². The van der Waals surface area contributed by atoms with Crippen LogP contribution in [0.3, 0.4) is 0 Å². The predicted octanol–water partition coefficient (Wildman–Crippen LogP) is 7.59. The summed E-state index contributed by atoms with van der Waals surface area (Å²) in [6.45, 7) is 3.86. The summed E-state index contributed by atoms with van der Waals surface area (Å²) in [4.78, 5) is 0. The maximum atomic E-state index is 13.6. The van der Waals surface area contributed by atoms with Gasteiger partial charge in [0.15, 0.2) is 0 Å². The molecule has 1 aromatic heterocycles. The Morgan fingerprint density at radius 1 is 1.03 bits per heavy atom. The molecule has 0 amide bonds. The summed E-state index contributed by atoms with van der Waals surface area (Å²) >= 11 is 11.0. The van der Waals surface area contributed by atoms with Crippen molar-refractivity contribution in [2.75, 3.05) is 6.61 Å². The number of aryl methyl sites for hydroxylation is 2. The Balaban J connectivity index is 1.77. The van der Waals surface area contributed by atoms with Gasteiger partial charge in [0.2, 0.25) is 5.88 Å². The molecule has 2 aromatic carbocycles. The van der Waals surface area contributed by atoms with E-state index in [0.29, 0.717) is 11.6 Å². The van der Waals surface area contributed by atoms with Crippen molar-refractivity contribution in [3.63, 3.8) is 0 Å². The molecule has 0 aliphatic rings. The van der Waals surface area contributed by atoms with Crippen molar-refractivity contribution in [1.29, 1.82) is 0 Å². The van der Waals surface area contributed by atoms with E-state index in [1.165, 1.54) is 30.3 Å². The van der Waals surface area contributed by atoms with E-state index < -0.39 is 11.7 Å². The number of halogens is 5. The van der Waals surface area contributed by atoms with Crippen molar-refractivity contribution in [3.8, 4) is 28.9 Å². The summed E-state index contributed by atoms with van der Waals surface area (Å²) in [5.41, 5.74) is 0.890. The van der Waals surface area contributed by atoms with Crippen LogP contribution < -0.4 is 14.2 Å². The molecular weight excluding hydrogens is 480 g/mol. The van der Waals surface area contributed by atoms with Gasteiger partial charge in [0.05, 0.1) is 5.69 Å². The second kappa shape index (κ2) is 10.4. The molecule has 10 heteroatoms. The van der Waals surface area contributed by atoms with Gasteiger partial charge in [-0.15, -0.1) is 0 Å². The smallest absolute Gasteiger partial charge is 0.420 e. The molecule has 1 heterocycles. The summed E-state index contributed by atoms with van der Waals surface area (Å²) < 4.78 is 59.0. The minimum absolute atomic E-state index is 0.00208. The van der Waals surface area contributed by atoms with Crippen molar-refractivity contribution >= 4 is 23.2 Å². The molecule has 0 spiro atoms. The van der Waals surface area contributed by atoms with E-state index in [9.17, 15) is 13.2 Å². The highest BCUT2D eigenvalue weighted by molar-refractivity contribution is 6.55. The molecule has 33 heavy (non-hydrogen) atoms. The highest BCUT2D eigenvalue weighted by atomic mass is 35.5. The molecule has 3 rings (SSSR count). The molecule has 0 atom stereocenters. The average Bonchev–Trinajstić information content (AvgIpc) is 3.02. The number of hydrogen-bond donors (Lipinski definition) is 0. The molecule has 0 aliphatic carbocycles. The van der Waals surface area contributed by atoms with E-state index in [4.69, 9.17) is 37.4 Å².